The highest BCUT2D eigenvalue weighted by Crippen LogP contribution is 2.24. The number of hydrogen-bond acceptors (Lipinski definition) is 4. The Balaban J connectivity index is 0.00000208. The van der Waals surface area contributed by atoms with Crippen LogP contribution < -0.4 is 11.1 Å². The van der Waals surface area contributed by atoms with E-state index in [1.54, 1.807) is 6.07 Å². The van der Waals surface area contributed by atoms with Crippen molar-refractivity contribution in [3.8, 4) is 11.3 Å². The van der Waals surface area contributed by atoms with E-state index in [4.69, 9.17) is 10.3 Å². The van der Waals surface area contributed by atoms with Gasteiger partial charge in [0.25, 0.3) is 5.91 Å². The number of carbonyl (C=O) groups excluding carboxylic acids is 1. The molecule has 1 aliphatic rings. The molecule has 1 aromatic carbocycles. The Morgan fingerprint density at radius 1 is 1.29 bits per heavy atom. The Kier molecular flexibility index (Phi) is 6.40. The molecule has 1 amide bonds. The van der Waals surface area contributed by atoms with Gasteiger partial charge in [0.2, 0.25) is 5.76 Å². The van der Waals surface area contributed by atoms with Gasteiger partial charge in [0, 0.05) is 17.7 Å². The van der Waals surface area contributed by atoms with Crippen molar-refractivity contribution < 1.29 is 9.32 Å². The third kappa shape index (κ3) is 4.16. The van der Waals surface area contributed by atoms with Crippen LogP contribution in [-0.4, -0.2) is 23.7 Å². The van der Waals surface area contributed by atoms with Gasteiger partial charge < -0.3 is 15.6 Å². The summed E-state index contributed by atoms with van der Waals surface area (Å²) in [5, 5.41) is 7.07. The molecule has 130 valence electrons. The van der Waals surface area contributed by atoms with E-state index in [-0.39, 0.29) is 30.1 Å². The van der Waals surface area contributed by atoms with Gasteiger partial charge >= 0.3 is 0 Å². The molecule has 1 aliphatic carbocycles. The zero-order valence-corrected chi connectivity index (χ0v) is 14.6. The standard InChI is InChI=1S/C18H23N3O2.ClH/c1-12-6-8-13(9-7-12)16-10-17(23-21-16)18(22)20-15-5-3-2-4-14(15)11-19;/h6-10,14-15H,2-5,11,19H2,1H3,(H,20,22);1H. The topological polar surface area (TPSA) is 81.2 Å². The van der Waals surface area contributed by atoms with E-state index < -0.39 is 0 Å². The summed E-state index contributed by atoms with van der Waals surface area (Å²) < 4.78 is 5.23. The first-order valence-corrected chi connectivity index (χ1v) is 8.22. The molecule has 5 nitrogen and oxygen atoms in total. The maximum Gasteiger partial charge on any atom is 0.290 e. The molecule has 0 saturated heterocycles. The number of nitrogens with two attached hydrogens (primary N) is 1. The molecule has 0 bridgehead atoms. The average Bonchev–Trinajstić information content (AvgIpc) is 3.06. The highest BCUT2D eigenvalue weighted by molar-refractivity contribution is 5.92. The highest BCUT2D eigenvalue weighted by atomic mass is 35.5. The molecule has 3 N–H and O–H groups in total. The van der Waals surface area contributed by atoms with Crippen LogP contribution in [0.25, 0.3) is 11.3 Å². The summed E-state index contributed by atoms with van der Waals surface area (Å²) in [4.78, 5) is 12.4. The molecule has 1 heterocycles. The Labute approximate surface area is 148 Å². The van der Waals surface area contributed by atoms with E-state index in [9.17, 15) is 4.79 Å². The van der Waals surface area contributed by atoms with Crippen molar-refractivity contribution >= 4 is 18.3 Å². The summed E-state index contributed by atoms with van der Waals surface area (Å²) in [5.74, 6) is 0.398. The summed E-state index contributed by atoms with van der Waals surface area (Å²) in [5.41, 5.74) is 8.61. The van der Waals surface area contributed by atoms with Gasteiger partial charge in [-0.2, -0.15) is 0 Å². The number of nitrogens with zero attached hydrogens (tertiary/aromatic N) is 1. The maximum absolute atomic E-state index is 12.4. The second-order valence-corrected chi connectivity index (χ2v) is 6.30. The fourth-order valence-electron chi connectivity index (χ4n) is 3.16. The molecule has 3 rings (SSSR count). The Hall–Kier alpha value is -1.85. The van der Waals surface area contributed by atoms with Crippen molar-refractivity contribution in [3.05, 3.63) is 41.7 Å². The van der Waals surface area contributed by atoms with Gasteiger partial charge in [-0.15, -0.1) is 12.4 Å². The lowest BCUT2D eigenvalue weighted by atomic mass is 9.84. The summed E-state index contributed by atoms with van der Waals surface area (Å²) in [6.45, 7) is 2.64. The number of nitrogens with one attached hydrogen (secondary N) is 1. The first-order chi connectivity index (χ1) is 11.2. The SMILES string of the molecule is Cc1ccc(-c2cc(C(=O)NC3CCCCC3CN)on2)cc1.Cl. The maximum atomic E-state index is 12.4. The number of aromatic nitrogens is 1. The molecule has 6 heteroatoms. The van der Waals surface area contributed by atoms with Gasteiger partial charge in [-0.25, -0.2) is 0 Å². The fraction of sp³-hybridized carbons (Fsp3) is 0.444. The number of rotatable bonds is 4. The minimum atomic E-state index is -0.207. The van der Waals surface area contributed by atoms with Gasteiger partial charge in [-0.05, 0) is 32.2 Å². The van der Waals surface area contributed by atoms with Gasteiger partial charge in [0.05, 0.1) is 0 Å². The van der Waals surface area contributed by atoms with Crippen molar-refractivity contribution in [2.75, 3.05) is 6.54 Å². The molecule has 1 aromatic heterocycles. The second-order valence-electron chi connectivity index (χ2n) is 6.30. The van der Waals surface area contributed by atoms with E-state index >= 15 is 0 Å². The molecule has 2 unspecified atom stereocenters. The van der Waals surface area contributed by atoms with Crippen LogP contribution in [0.2, 0.25) is 0 Å². The monoisotopic (exact) mass is 349 g/mol. The molecule has 1 fully saturated rings. The van der Waals surface area contributed by atoms with Crippen LogP contribution in [0.5, 0.6) is 0 Å². The van der Waals surface area contributed by atoms with Gasteiger partial charge in [-0.1, -0.05) is 47.8 Å². The number of benzene rings is 1. The minimum Gasteiger partial charge on any atom is -0.350 e. The Bertz CT molecular complexity index is 669. The fourth-order valence-corrected chi connectivity index (χ4v) is 3.16. The first-order valence-electron chi connectivity index (χ1n) is 8.22. The second kappa shape index (κ2) is 8.31. The summed E-state index contributed by atoms with van der Waals surface area (Å²) >= 11 is 0. The smallest absolute Gasteiger partial charge is 0.290 e. The van der Waals surface area contributed by atoms with Gasteiger partial charge in [0.15, 0.2) is 0 Å². The summed E-state index contributed by atoms with van der Waals surface area (Å²) in [6, 6.07) is 9.80. The molecule has 1 saturated carbocycles. The van der Waals surface area contributed by atoms with Gasteiger partial charge in [0.1, 0.15) is 5.69 Å². The molecule has 0 spiro atoms. The molecular weight excluding hydrogens is 326 g/mol. The van der Waals surface area contributed by atoms with Crippen LogP contribution in [0, 0.1) is 12.8 Å². The van der Waals surface area contributed by atoms with Crippen LogP contribution >= 0.6 is 12.4 Å². The Morgan fingerprint density at radius 3 is 2.71 bits per heavy atom. The molecule has 2 atom stereocenters. The molecule has 0 radical (unpaired) electrons. The zero-order valence-electron chi connectivity index (χ0n) is 13.8. The third-order valence-corrected chi connectivity index (χ3v) is 4.61. The lowest BCUT2D eigenvalue weighted by Crippen LogP contribution is -2.44. The molecule has 0 aliphatic heterocycles. The van der Waals surface area contributed by atoms with Gasteiger partial charge in [-0.3, -0.25) is 4.79 Å². The molecule has 24 heavy (non-hydrogen) atoms. The molecule has 2 aromatic rings. The average molecular weight is 350 g/mol. The summed E-state index contributed by atoms with van der Waals surface area (Å²) in [6.07, 6.45) is 4.37. The number of carbonyl (C=O) groups is 1. The quantitative estimate of drug-likeness (QED) is 0.887. The van der Waals surface area contributed by atoms with Crippen LogP contribution in [0.15, 0.2) is 34.9 Å². The number of halogens is 1. The van der Waals surface area contributed by atoms with Crippen molar-refractivity contribution in [1.29, 1.82) is 0 Å². The Morgan fingerprint density at radius 2 is 2.00 bits per heavy atom. The van der Waals surface area contributed by atoms with E-state index in [1.807, 2.05) is 31.2 Å². The highest BCUT2D eigenvalue weighted by Gasteiger charge is 2.26. The number of hydrogen-bond donors (Lipinski definition) is 2. The number of amides is 1. The van der Waals surface area contributed by atoms with Crippen molar-refractivity contribution in [2.45, 2.75) is 38.6 Å². The third-order valence-electron chi connectivity index (χ3n) is 4.61. The van der Waals surface area contributed by atoms with Crippen molar-refractivity contribution in [1.82, 2.24) is 10.5 Å². The van der Waals surface area contributed by atoms with Crippen molar-refractivity contribution in [2.24, 2.45) is 11.7 Å². The normalized spacial score (nSPS) is 20.2. The first kappa shape index (κ1) is 18.5. The largest absolute Gasteiger partial charge is 0.350 e. The number of aryl methyl sites for hydroxylation is 1. The summed E-state index contributed by atoms with van der Waals surface area (Å²) in [7, 11) is 0. The van der Waals surface area contributed by atoms with Crippen molar-refractivity contribution in [3.63, 3.8) is 0 Å². The predicted octanol–water partition coefficient (Wildman–Crippen LogP) is 3.32. The molecular formula is C18H24ClN3O2. The minimum absolute atomic E-state index is 0. The van der Waals surface area contributed by atoms with E-state index in [0.717, 1.165) is 24.8 Å². The van der Waals surface area contributed by atoms with Crippen LogP contribution in [0.1, 0.15) is 41.8 Å². The lowest BCUT2D eigenvalue weighted by Gasteiger charge is -2.30. The van der Waals surface area contributed by atoms with E-state index in [1.165, 1.54) is 12.0 Å². The van der Waals surface area contributed by atoms with E-state index in [2.05, 4.69) is 10.5 Å². The predicted molar refractivity (Wildman–Crippen MR) is 96.2 cm³/mol. The lowest BCUT2D eigenvalue weighted by molar-refractivity contribution is 0.0870. The van der Waals surface area contributed by atoms with Crippen LogP contribution in [0.3, 0.4) is 0 Å². The zero-order chi connectivity index (χ0) is 16.2. The van der Waals surface area contributed by atoms with E-state index in [0.29, 0.717) is 18.2 Å². The van der Waals surface area contributed by atoms with Crippen LogP contribution in [0.4, 0.5) is 0 Å². The van der Waals surface area contributed by atoms with Crippen LogP contribution in [-0.2, 0) is 0 Å².